The Morgan fingerprint density at radius 3 is 2.74 bits per heavy atom. The Hall–Kier alpha value is -2.38. The van der Waals surface area contributed by atoms with Crippen molar-refractivity contribution in [2.75, 3.05) is 0 Å². The molecule has 0 spiro atoms. The predicted molar refractivity (Wildman–Crippen MR) is 62.4 cm³/mol. The Bertz CT molecular complexity index is 529. The second-order valence-electron chi connectivity index (χ2n) is 4.16. The molecule has 1 aliphatic heterocycles. The van der Waals surface area contributed by atoms with E-state index in [-0.39, 0.29) is 18.7 Å². The normalized spacial score (nSPS) is 17.8. The smallest absolute Gasteiger partial charge is 0.353 e. The molecule has 1 aromatic heterocycles. The highest BCUT2D eigenvalue weighted by molar-refractivity contribution is 6.36. The lowest BCUT2D eigenvalue weighted by atomic mass is 10.1. The fourth-order valence-electron chi connectivity index (χ4n) is 1.69. The van der Waals surface area contributed by atoms with E-state index in [1.807, 2.05) is 0 Å². The van der Waals surface area contributed by atoms with Crippen LogP contribution in [0.3, 0.4) is 0 Å². The number of nitrogens with zero attached hydrogens (tertiary/aromatic N) is 2. The summed E-state index contributed by atoms with van der Waals surface area (Å²) in [5.74, 6) is -0.964. The summed E-state index contributed by atoms with van der Waals surface area (Å²) in [6, 6.07) is 0. The summed E-state index contributed by atoms with van der Waals surface area (Å²) in [6.45, 7) is 3.77. The number of oxime groups is 1. The number of carboxylic acid groups (broad SMARTS) is 1. The number of hydrogen-bond donors (Lipinski definition) is 2. The topological polar surface area (TPSA) is 114 Å². The number of aromatic nitrogens is 1. The first-order chi connectivity index (χ1) is 8.99. The number of aliphatic carboxylic acids is 1. The van der Waals surface area contributed by atoms with Crippen LogP contribution in [-0.4, -0.2) is 34.0 Å². The average molecular weight is 267 g/mol. The van der Waals surface area contributed by atoms with E-state index in [2.05, 4.69) is 15.6 Å². The van der Waals surface area contributed by atoms with Crippen molar-refractivity contribution in [3.63, 3.8) is 0 Å². The van der Waals surface area contributed by atoms with Crippen molar-refractivity contribution in [3.05, 3.63) is 17.0 Å². The van der Waals surface area contributed by atoms with Gasteiger partial charge in [0.25, 0.3) is 5.91 Å². The van der Waals surface area contributed by atoms with Crippen LogP contribution in [0, 0.1) is 13.8 Å². The number of carbonyl (C=O) groups excluding carboxylic acids is 1. The second kappa shape index (κ2) is 5.09. The van der Waals surface area contributed by atoms with Crippen LogP contribution in [0.1, 0.15) is 23.4 Å². The van der Waals surface area contributed by atoms with Gasteiger partial charge in [-0.05, 0) is 13.8 Å². The maximum Gasteiger partial charge on any atom is 0.353 e. The van der Waals surface area contributed by atoms with Crippen LogP contribution in [0.15, 0.2) is 9.68 Å². The summed E-state index contributed by atoms with van der Waals surface area (Å²) >= 11 is 0. The quantitative estimate of drug-likeness (QED) is 0.801. The number of carboxylic acids is 1. The molecule has 0 bridgehead atoms. The van der Waals surface area contributed by atoms with Crippen LogP contribution in [0.25, 0.3) is 0 Å². The highest BCUT2D eigenvalue weighted by atomic mass is 16.6. The molecule has 8 heteroatoms. The van der Waals surface area contributed by atoms with Crippen LogP contribution in [0.2, 0.25) is 0 Å². The van der Waals surface area contributed by atoms with Gasteiger partial charge in [0.05, 0.1) is 5.69 Å². The molecule has 2 N–H and O–H groups in total. The molecule has 2 heterocycles. The van der Waals surface area contributed by atoms with Crippen molar-refractivity contribution in [1.82, 2.24) is 10.5 Å². The summed E-state index contributed by atoms with van der Waals surface area (Å²) in [4.78, 5) is 27.2. The molecule has 19 heavy (non-hydrogen) atoms. The van der Waals surface area contributed by atoms with Crippen LogP contribution in [-0.2, 0) is 21.0 Å². The highest BCUT2D eigenvalue weighted by Gasteiger charge is 2.31. The molecule has 1 amide bonds. The SMILES string of the molecule is Cc1noc(C)c1CNC(=O)C1CC(C(=O)O)=NO1. The number of amides is 1. The minimum Gasteiger partial charge on any atom is -0.477 e. The summed E-state index contributed by atoms with van der Waals surface area (Å²) < 4.78 is 4.97. The fourth-order valence-corrected chi connectivity index (χ4v) is 1.69. The van der Waals surface area contributed by atoms with Crippen molar-refractivity contribution >= 4 is 17.6 Å². The lowest BCUT2D eigenvalue weighted by Crippen LogP contribution is -2.35. The van der Waals surface area contributed by atoms with Gasteiger partial charge in [0.2, 0.25) is 6.10 Å². The largest absolute Gasteiger partial charge is 0.477 e. The molecule has 1 unspecified atom stereocenters. The number of carbonyl (C=O) groups is 2. The fraction of sp³-hybridized carbons (Fsp3) is 0.455. The molecule has 0 aliphatic carbocycles. The molecule has 102 valence electrons. The third-order valence-corrected chi connectivity index (χ3v) is 2.83. The molecule has 0 fully saturated rings. The third kappa shape index (κ3) is 2.72. The van der Waals surface area contributed by atoms with E-state index in [0.29, 0.717) is 11.5 Å². The Labute approximate surface area is 108 Å². The number of rotatable bonds is 4. The highest BCUT2D eigenvalue weighted by Crippen LogP contribution is 2.14. The molecule has 0 radical (unpaired) electrons. The molecule has 8 nitrogen and oxygen atoms in total. The summed E-state index contributed by atoms with van der Waals surface area (Å²) in [7, 11) is 0. The maximum atomic E-state index is 11.8. The van der Waals surface area contributed by atoms with E-state index in [4.69, 9.17) is 14.5 Å². The van der Waals surface area contributed by atoms with E-state index in [1.165, 1.54) is 0 Å². The molecule has 1 atom stereocenters. The van der Waals surface area contributed by atoms with Gasteiger partial charge in [0.15, 0.2) is 5.71 Å². The van der Waals surface area contributed by atoms with Gasteiger partial charge < -0.3 is 19.8 Å². The molecule has 2 rings (SSSR count). The van der Waals surface area contributed by atoms with Crippen molar-refractivity contribution in [3.8, 4) is 0 Å². The monoisotopic (exact) mass is 267 g/mol. The van der Waals surface area contributed by atoms with Gasteiger partial charge in [-0.15, -0.1) is 0 Å². The van der Waals surface area contributed by atoms with Crippen LogP contribution < -0.4 is 5.32 Å². The van der Waals surface area contributed by atoms with E-state index in [9.17, 15) is 9.59 Å². The van der Waals surface area contributed by atoms with Crippen molar-refractivity contribution < 1.29 is 24.1 Å². The zero-order chi connectivity index (χ0) is 14.0. The predicted octanol–water partition coefficient (Wildman–Crippen LogP) is 0.137. The zero-order valence-corrected chi connectivity index (χ0v) is 10.5. The van der Waals surface area contributed by atoms with E-state index in [1.54, 1.807) is 13.8 Å². The van der Waals surface area contributed by atoms with Gasteiger partial charge in [0, 0.05) is 18.5 Å². The van der Waals surface area contributed by atoms with Crippen LogP contribution >= 0.6 is 0 Å². The Balaban J connectivity index is 1.88. The molecule has 1 aromatic rings. The minimum atomic E-state index is -1.18. The van der Waals surface area contributed by atoms with E-state index < -0.39 is 18.0 Å². The van der Waals surface area contributed by atoms with Crippen molar-refractivity contribution in [1.29, 1.82) is 0 Å². The number of aryl methyl sites for hydroxylation is 2. The molecule has 1 aliphatic rings. The van der Waals surface area contributed by atoms with Gasteiger partial charge in [-0.1, -0.05) is 10.3 Å². The lowest BCUT2D eigenvalue weighted by molar-refractivity contribution is -0.131. The average Bonchev–Trinajstić information content (AvgIpc) is 2.95. The van der Waals surface area contributed by atoms with E-state index in [0.717, 1.165) is 5.56 Å². The maximum absolute atomic E-state index is 11.8. The van der Waals surface area contributed by atoms with Gasteiger partial charge in [-0.2, -0.15) is 0 Å². The Morgan fingerprint density at radius 1 is 1.47 bits per heavy atom. The summed E-state index contributed by atoms with van der Waals surface area (Å²) in [6.07, 6.45) is -0.936. The van der Waals surface area contributed by atoms with Crippen molar-refractivity contribution in [2.45, 2.75) is 32.9 Å². The standard InChI is InChI=1S/C11H13N3O5/c1-5-7(6(2)18-13-5)4-12-10(15)9-3-8(11(16)17)14-19-9/h9H,3-4H2,1-2H3,(H,12,15)(H,16,17). The lowest BCUT2D eigenvalue weighted by Gasteiger charge is -2.08. The second-order valence-corrected chi connectivity index (χ2v) is 4.16. The van der Waals surface area contributed by atoms with Gasteiger partial charge in [-0.3, -0.25) is 4.79 Å². The van der Waals surface area contributed by atoms with Crippen LogP contribution in [0.4, 0.5) is 0 Å². The summed E-state index contributed by atoms with van der Waals surface area (Å²) in [5, 5.41) is 18.5. The third-order valence-electron chi connectivity index (χ3n) is 2.83. The first kappa shape index (κ1) is 13.1. The van der Waals surface area contributed by atoms with Gasteiger partial charge >= 0.3 is 5.97 Å². The molecule has 0 saturated heterocycles. The first-order valence-corrected chi connectivity index (χ1v) is 5.64. The molecular weight excluding hydrogens is 254 g/mol. The molecular formula is C11H13N3O5. The number of hydrogen-bond acceptors (Lipinski definition) is 6. The Kier molecular flexibility index (Phi) is 3.50. The zero-order valence-electron chi connectivity index (χ0n) is 10.5. The van der Waals surface area contributed by atoms with E-state index >= 15 is 0 Å². The molecule has 0 aromatic carbocycles. The van der Waals surface area contributed by atoms with Gasteiger partial charge in [-0.25, -0.2) is 4.79 Å². The summed E-state index contributed by atoms with van der Waals surface area (Å²) in [5.41, 5.74) is 1.34. The number of nitrogens with one attached hydrogen (secondary N) is 1. The first-order valence-electron chi connectivity index (χ1n) is 5.64. The van der Waals surface area contributed by atoms with Gasteiger partial charge in [0.1, 0.15) is 5.76 Å². The molecule has 0 saturated carbocycles. The van der Waals surface area contributed by atoms with Crippen molar-refractivity contribution in [2.24, 2.45) is 5.16 Å². The Morgan fingerprint density at radius 2 is 2.21 bits per heavy atom. The minimum absolute atomic E-state index is 0.0389. The van der Waals surface area contributed by atoms with Crippen LogP contribution in [0.5, 0.6) is 0 Å².